The van der Waals surface area contributed by atoms with Gasteiger partial charge < -0.3 is 54.4 Å². The lowest BCUT2D eigenvalue weighted by Crippen LogP contribution is -2.57. The number of guanidine groups is 1. The minimum atomic E-state index is -1.06. The largest absolute Gasteiger partial charge is 0.423 e. The normalized spacial score (nSPS) is 13.6. The van der Waals surface area contributed by atoms with Gasteiger partial charge in [-0.3, -0.25) is 24.2 Å². The first-order valence-corrected chi connectivity index (χ1v) is 16.7. The third-order valence-electron chi connectivity index (χ3n) is 7.98. The number of benzene rings is 1. The molecule has 2 aromatic rings. The summed E-state index contributed by atoms with van der Waals surface area (Å²) in [6.07, 6.45) is 3.33. The van der Waals surface area contributed by atoms with Gasteiger partial charge in [-0.2, -0.15) is 0 Å². The van der Waals surface area contributed by atoms with Crippen molar-refractivity contribution in [3.8, 4) is 0 Å². The first-order chi connectivity index (χ1) is 23.3. The number of hydrogen-bond acceptors (Lipinski definition) is 10. The van der Waals surface area contributed by atoms with Gasteiger partial charge in [-0.15, -0.1) is 0 Å². The number of aryl methyl sites for hydroxylation is 1. The molecule has 0 bridgehead atoms. The Morgan fingerprint density at radius 1 is 0.776 bits per heavy atom. The van der Waals surface area contributed by atoms with Crippen molar-refractivity contribution in [2.24, 2.45) is 39.6 Å². The molecule has 272 valence electrons. The maximum Gasteiger partial charge on any atom is 0.336 e. The van der Waals surface area contributed by atoms with Crippen molar-refractivity contribution in [1.29, 1.82) is 0 Å². The standard InChI is InChI=1S/C33H54N10O6/c1-19(2)28(36)32(48)43-24(10-5-7-15-35)31(47)41-23(9-4-6-14-34)30(46)42-25(11-8-16-39-33(37)38)29(45)40-21-12-13-22-20(3)17-27(44)49-26(22)18-21/h12-13,17-19,23-25,28H,4-11,14-16,34-36H2,1-3H3,(H,40,45)(H,41,47)(H,42,46)(H,43,48)(H4,37,38,39)/t23-,24-,25-,28+/m0/s1. The predicted octanol–water partition coefficient (Wildman–Crippen LogP) is -0.211. The van der Waals surface area contributed by atoms with Crippen molar-refractivity contribution >= 4 is 46.2 Å². The molecule has 4 amide bonds. The average Bonchev–Trinajstić information content (AvgIpc) is 3.04. The zero-order valence-corrected chi connectivity index (χ0v) is 28.8. The third-order valence-corrected chi connectivity index (χ3v) is 7.98. The predicted molar refractivity (Wildman–Crippen MR) is 190 cm³/mol. The lowest BCUT2D eigenvalue weighted by Gasteiger charge is -2.26. The van der Waals surface area contributed by atoms with Gasteiger partial charge in [-0.05, 0) is 95.0 Å². The summed E-state index contributed by atoms with van der Waals surface area (Å²) in [6, 6.07) is 2.40. The molecule has 49 heavy (non-hydrogen) atoms. The highest BCUT2D eigenvalue weighted by molar-refractivity contribution is 6.00. The number of nitrogens with one attached hydrogen (secondary N) is 4. The zero-order chi connectivity index (χ0) is 36.5. The van der Waals surface area contributed by atoms with Crippen LogP contribution in [0.2, 0.25) is 0 Å². The second-order valence-corrected chi connectivity index (χ2v) is 12.4. The van der Waals surface area contributed by atoms with Gasteiger partial charge in [-0.1, -0.05) is 13.8 Å². The molecule has 1 aromatic carbocycles. The van der Waals surface area contributed by atoms with Gasteiger partial charge in [-0.25, -0.2) is 4.79 Å². The Balaban J connectivity index is 2.31. The summed E-state index contributed by atoms with van der Waals surface area (Å²) in [6.45, 7) is 6.38. The molecular weight excluding hydrogens is 632 g/mol. The molecule has 16 heteroatoms. The monoisotopic (exact) mass is 686 g/mol. The van der Waals surface area contributed by atoms with E-state index >= 15 is 0 Å². The van der Waals surface area contributed by atoms with Gasteiger partial charge in [0.15, 0.2) is 5.96 Å². The minimum Gasteiger partial charge on any atom is -0.423 e. The van der Waals surface area contributed by atoms with E-state index in [4.69, 9.17) is 33.1 Å². The molecule has 0 unspecified atom stereocenters. The molecule has 0 spiro atoms. The Kier molecular flexibility index (Phi) is 17.2. The molecule has 0 saturated heterocycles. The van der Waals surface area contributed by atoms with Gasteiger partial charge in [0.25, 0.3) is 0 Å². The molecule has 0 saturated carbocycles. The van der Waals surface area contributed by atoms with Gasteiger partial charge in [0.05, 0.1) is 6.04 Å². The Morgan fingerprint density at radius 3 is 1.84 bits per heavy atom. The molecule has 2 rings (SSSR count). The highest BCUT2D eigenvalue weighted by atomic mass is 16.4. The molecule has 0 radical (unpaired) electrons. The van der Waals surface area contributed by atoms with E-state index in [0.29, 0.717) is 61.9 Å². The lowest BCUT2D eigenvalue weighted by molar-refractivity contribution is -0.133. The van der Waals surface area contributed by atoms with Crippen LogP contribution in [-0.4, -0.2) is 73.4 Å². The van der Waals surface area contributed by atoms with Gasteiger partial charge >= 0.3 is 5.63 Å². The van der Waals surface area contributed by atoms with Crippen LogP contribution in [0.25, 0.3) is 11.0 Å². The number of carbonyl (C=O) groups is 4. The molecule has 4 atom stereocenters. The highest BCUT2D eigenvalue weighted by Crippen LogP contribution is 2.21. The van der Waals surface area contributed by atoms with Crippen LogP contribution in [-0.2, 0) is 19.2 Å². The zero-order valence-electron chi connectivity index (χ0n) is 28.8. The number of carbonyl (C=O) groups excluding carboxylic acids is 4. The Morgan fingerprint density at radius 2 is 1.31 bits per heavy atom. The topological polar surface area (TPSA) is 289 Å². The quantitative estimate of drug-likeness (QED) is 0.0358. The lowest BCUT2D eigenvalue weighted by atomic mass is 10.0. The van der Waals surface area contributed by atoms with E-state index in [-0.39, 0.29) is 37.7 Å². The Hall–Kier alpha value is -4.54. The first-order valence-electron chi connectivity index (χ1n) is 16.7. The Labute approximate surface area is 286 Å². The van der Waals surface area contributed by atoms with Crippen LogP contribution < -0.4 is 55.6 Å². The van der Waals surface area contributed by atoms with Gasteiger partial charge in [0.2, 0.25) is 23.6 Å². The van der Waals surface area contributed by atoms with Crippen LogP contribution in [0.3, 0.4) is 0 Å². The number of anilines is 1. The summed E-state index contributed by atoms with van der Waals surface area (Å²) in [4.78, 5) is 69.5. The number of fused-ring (bicyclic) bond motifs is 1. The number of aliphatic imine (C=N–C) groups is 1. The number of rotatable bonds is 21. The van der Waals surface area contributed by atoms with Crippen LogP contribution in [0, 0.1) is 12.8 Å². The van der Waals surface area contributed by atoms with E-state index in [1.165, 1.54) is 12.1 Å². The van der Waals surface area contributed by atoms with Crippen molar-refractivity contribution in [3.63, 3.8) is 0 Å². The van der Waals surface area contributed by atoms with E-state index in [9.17, 15) is 24.0 Å². The SMILES string of the molecule is Cc1cc(=O)oc2cc(NC(=O)[C@H](CCCN=C(N)N)NC(=O)[C@H](CCCCN)NC(=O)[C@H](CCCCN)NC(=O)[C@H](N)C(C)C)ccc12. The highest BCUT2D eigenvalue weighted by Gasteiger charge is 2.30. The fourth-order valence-electron chi connectivity index (χ4n) is 5.04. The molecule has 0 aliphatic heterocycles. The first kappa shape index (κ1) is 40.6. The number of nitrogens with zero attached hydrogens (tertiary/aromatic N) is 1. The summed E-state index contributed by atoms with van der Waals surface area (Å²) in [5.41, 5.74) is 29.1. The third kappa shape index (κ3) is 13.8. The van der Waals surface area contributed by atoms with E-state index in [1.54, 1.807) is 32.9 Å². The number of unbranched alkanes of at least 4 members (excludes halogenated alkanes) is 2. The fourth-order valence-corrected chi connectivity index (χ4v) is 5.04. The maximum absolute atomic E-state index is 13.8. The summed E-state index contributed by atoms with van der Waals surface area (Å²) in [5.74, 6) is -2.45. The average molecular weight is 687 g/mol. The molecule has 1 aromatic heterocycles. The summed E-state index contributed by atoms with van der Waals surface area (Å²) in [7, 11) is 0. The van der Waals surface area contributed by atoms with Crippen molar-refractivity contribution in [2.75, 3.05) is 25.0 Å². The van der Waals surface area contributed by atoms with Crippen LogP contribution in [0.4, 0.5) is 5.69 Å². The number of nitrogens with two attached hydrogens (primary N) is 5. The van der Waals surface area contributed by atoms with Crippen molar-refractivity contribution < 1.29 is 23.6 Å². The fraction of sp³-hybridized carbons (Fsp3) is 0.576. The van der Waals surface area contributed by atoms with Crippen LogP contribution in [0.5, 0.6) is 0 Å². The van der Waals surface area contributed by atoms with E-state index < -0.39 is 53.4 Å². The number of amides is 4. The second kappa shape index (κ2) is 20.7. The molecular formula is C33H54N10O6. The summed E-state index contributed by atoms with van der Waals surface area (Å²) in [5, 5.41) is 11.8. The van der Waals surface area contributed by atoms with E-state index in [2.05, 4.69) is 26.3 Å². The van der Waals surface area contributed by atoms with Gasteiger partial charge in [0, 0.05) is 29.8 Å². The molecule has 0 aliphatic carbocycles. The second-order valence-electron chi connectivity index (χ2n) is 12.4. The van der Waals surface area contributed by atoms with Crippen LogP contribution >= 0.6 is 0 Å². The Bertz CT molecular complexity index is 1490. The van der Waals surface area contributed by atoms with Crippen molar-refractivity contribution in [3.05, 3.63) is 40.2 Å². The van der Waals surface area contributed by atoms with Crippen LogP contribution in [0.15, 0.2) is 38.5 Å². The van der Waals surface area contributed by atoms with Gasteiger partial charge in [0.1, 0.15) is 23.7 Å². The van der Waals surface area contributed by atoms with Crippen molar-refractivity contribution in [1.82, 2.24) is 16.0 Å². The van der Waals surface area contributed by atoms with E-state index in [1.807, 2.05) is 0 Å². The molecule has 0 fully saturated rings. The number of hydrogen-bond donors (Lipinski definition) is 9. The maximum atomic E-state index is 13.8. The minimum absolute atomic E-state index is 0.108. The molecule has 1 heterocycles. The molecule has 14 N–H and O–H groups in total. The molecule has 16 nitrogen and oxygen atoms in total. The van der Waals surface area contributed by atoms with E-state index in [0.717, 1.165) is 5.56 Å². The molecule has 0 aliphatic rings. The van der Waals surface area contributed by atoms with Crippen molar-refractivity contribution in [2.45, 2.75) is 96.3 Å². The summed E-state index contributed by atoms with van der Waals surface area (Å²) < 4.78 is 5.30. The smallest absolute Gasteiger partial charge is 0.336 e. The summed E-state index contributed by atoms with van der Waals surface area (Å²) >= 11 is 0. The van der Waals surface area contributed by atoms with Crippen LogP contribution in [0.1, 0.15) is 70.8 Å².